The molecule has 3 aromatic rings. The number of H-pyrrole nitrogens is 1. The standard InChI is InChI=1S/C19H20FN5O2/c20-11-6-7-15-13(8-11)14(9-18(27)22-15)19-23-17(10-16(21)26)24-25(19)12-4-2-1-3-5-12/h6-9,12H,1-5,10H2,(H2,21,26)(H,22,27). The molecule has 27 heavy (non-hydrogen) atoms. The van der Waals surface area contributed by atoms with Crippen LogP contribution < -0.4 is 11.3 Å². The van der Waals surface area contributed by atoms with Crippen molar-refractivity contribution in [2.45, 2.75) is 44.6 Å². The van der Waals surface area contributed by atoms with E-state index in [2.05, 4.69) is 15.1 Å². The molecule has 0 saturated heterocycles. The maximum atomic E-state index is 13.9. The van der Waals surface area contributed by atoms with Gasteiger partial charge in [-0.05, 0) is 31.0 Å². The summed E-state index contributed by atoms with van der Waals surface area (Å²) in [6.07, 6.45) is 5.15. The molecule has 4 rings (SSSR count). The van der Waals surface area contributed by atoms with Crippen molar-refractivity contribution >= 4 is 16.8 Å². The predicted molar refractivity (Wildman–Crippen MR) is 98.6 cm³/mol. The number of amides is 1. The number of primary amides is 1. The Kier molecular flexibility index (Phi) is 4.47. The number of aromatic amines is 1. The first kappa shape index (κ1) is 17.4. The van der Waals surface area contributed by atoms with Crippen LogP contribution in [0.3, 0.4) is 0 Å². The van der Waals surface area contributed by atoms with Crippen LogP contribution in [0.5, 0.6) is 0 Å². The van der Waals surface area contributed by atoms with Gasteiger partial charge in [-0.25, -0.2) is 14.1 Å². The van der Waals surface area contributed by atoms with E-state index in [0.29, 0.717) is 28.1 Å². The molecule has 0 unspecified atom stereocenters. The number of carbonyl (C=O) groups is 1. The molecule has 1 aliphatic carbocycles. The van der Waals surface area contributed by atoms with Crippen molar-refractivity contribution in [1.29, 1.82) is 0 Å². The van der Waals surface area contributed by atoms with Gasteiger partial charge in [0.15, 0.2) is 11.6 Å². The Bertz CT molecular complexity index is 1070. The van der Waals surface area contributed by atoms with Crippen molar-refractivity contribution < 1.29 is 9.18 Å². The molecule has 1 fully saturated rings. The molecule has 7 nitrogen and oxygen atoms in total. The van der Waals surface area contributed by atoms with E-state index in [1.807, 2.05) is 0 Å². The minimum absolute atomic E-state index is 0.0811. The van der Waals surface area contributed by atoms with E-state index in [4.69, 9.17) is 5.73 Å². The van der Waals surface area contributed by atoms with E-state index in [1.165, 1.54) is 30.7 Å². The number of halogens is 1. The fourth-order valence-corrected chi connectivity index (χ4v) is 3.77. The minimum Gasteiger partial charge on any atom is -0.369 e. The van der Waals surface area contributed by atoms with E-state index >= 15 is 0 Å². The van der Waals surface area contributed by atoms with Gasteiger partial charge in [-0.15, -0.1) is 0 Å². The molecule has 2 aromatic heterocycles. The average molecular weight is 369 g/mol. The Morgan fingerprint density at radius 1 is 1.26 bits per heavy atom. The Morgan fingerprint density at radius 3 is 2.78 bits per heavy atom. The van der Waals surface area contributed by atoms with Crippen LogP contribution >= 0.6 is 0 Å². The van der Waals surface area contributed by atoms with Gasteiger partial charge >= 0.3 is 0 Å². The highest BCUT2D eigenvalue weighted by Crippen LogP contribution is 2.33. The summed E-state index contributed by atoms with van der Waals surface area (Å²) >= 11 is 0. The van der Waals surface area contributed by atoms with Gasteiger partial charge in [0.05, 0.1) is 12.5 Å². The maximum absolute atomic E-state index is 13.9. The maximum Gasteiger partial charge on any atom is 0.249 e. The zero-order chi connectivity index (χ0) is 19.0. The normalized spacial score (nSPS) is 15.3. The molecule has 1 saturated carbocycles. The number of carbonyl (C=O) groups excluding carboxylic acids is 1. The fourth-order valence-electron chi connectivity index (χ4n) is 3.77. The number of fused-ring (bicyclic) bond motifs is 1. The van der Waals surface area contributed by atoms with Gasteiger partial charge in [0.1, 0.15) is 5.82 Å². The molecule has 2 heterocycles. The van der Waals surface area contributed by atoms with Crippen LogP contribution in [0, 0.1) is 5.82 Å². The van der Waals surface area contributed by atoms with Gasteiger partial charge in [0, 0.05) is 22.5 Å². The number of rotatable bonds is 4. The monoisotopic (exact) mass is 369 g/mol. The van der Waals surface area contributed by atoms with E-state index in [0.717, 1.165) is 25.7 Å². The first-order valence-electron chi connectivity index (χ1n) is 9.08. The molecule has 3 N–H and O–H groups in total. The lowest BCUT2D eigenvalue weighted by Crippen LogP contribution is -2.17. The van der Waals surface area contributed by atoms with Crippen LogP contribution in [0.15, 0.2) is 29.1 Å². The van der Waals surface area contributed by atoms with Crippen LogP contribution in [-0.4, -0.2) is 25.7 Å². The summed E-state index contributed by atoms with van der Waals surface area (Å²) in [5.74, 6) is -0.145. The van der Waals surface area contributed by atoms with E-state index in [-0.39, 0.29) is 18.0 Å². The van der Waals surface area contributed by atoms with Crippen molar-refractivity contribution in [3.8, 4) is 11.4 Å². The van der Waals surface area contributed by atoms with Crippen molar-refractivity contribution in [2.75, 3.05) is 0 Å². The van der Waals surface area contributed by atoms with E-state index in [9.17, 15) is 14.0 Å². The summed E-state index contributed by atoms with van der Waals surface area (Å²) in [4.78, 5) is 30.7. The SMILES string of the molecule is NC(=O)Cc1nc(-c2cc(=O)[nH]c3ccc(F)cc23)n(C2CCCCC2)n1. The highest BCUT2D eigenvalue weighted by atomic mass is 19.1. The largest absolute Gasteiger partial charge is 0.369 e. The second kappa shape index (κ2) is 6.94. The van der Waals surface area contributed by atoms with Gasteiger partial charge < -0.3 is 10.7 Å². The third-order valence-corrected chi connectivity index (χ3v) is 4.97. The van der Waals surface area contributed by atoms with Crippen molar-refractivity contribution in [3.05, 3.63) is 46.3 Å². The lowest BCUT2D eigenvalue weighted by molar-refractivity contribution is -0.117. The van der Waals surface area contributed by atoms with Gasteiger partial charge in [-0.3, -0.25) is 9.59 Å². The summed E-state index contributed by atoms with van der Waals surface area (Å²) in [6, 6.07) is 5.73. The van der Waals surface area contributed by atoms with Crippen molar-refractivity contribution in [1.82, 2.24) is 19.7 Å². The zero-order valence-electron chi connectivity index (χ0n) is 14.7. The summed E-state index contributed by atoms with van der Waals surface area (Å²) in [6.45, 7) is 0. The topological polar surface area (TPSA) is 107 Å². The Balaban J connectivity index is 1.93. The number of hydrogen-bond acceptors (Lipinski definition) is 4. The number of nitrogens with two attached hydrogens (primary N) is 1. The van der Waals surface area contributed by atoms with E-state index < -0.39 is 11.7 Å². The molecule has 140 valence electrons. The Morgan fingerprint density at radius 2 is 2.04 bits per heavy atom. The molecule has 0 bridgehead atoms. The molecule has 1 aromatic carbocycles. The molecule has 1 amide bonds. The number of benzene rings is 1. The second-order valence-electron chi connectivity index (χ2n) is 6.97. The molecule has 0 aliphatic heterocycles. The molecule has 0 atom stereocenters. The predicted octanol–water partition coefficient (Wildman–Crippen LogP) is 2.46. The number of nitrogens with zero attached hydrogens (tertiary/aromatic N) is 3. The first-order chi connectivity index (χ1) is 13.0. The average Bonchev–Trinajstić information content (AvgIpc) is 3.05. The number of hydrogen-bond donors (Lipinski definition) is 2. The van der Waals surface area contributed by atoms with Crippen LogP contribution in [0.1, 0.15) is 44.0 Å². The summed E-state index contributed by atoms with van der Waals surface area (Å²) in [5, 5.41) is 5.05. The summed E-state index contributed by atoms with van der Waals surface area (Å²) in [5.41, 5.74) is 6.02. The van der Waals surface area contributed by atoms with Crippen LogP contribution in [0.4, 0.5) is 4.39 Å². The minimum atomic E-state index is -0.524. The number of pyridine rings is 1. The number of nitrogens with one attached hydrogen (secondary N) is 1. The third kappa shape index (κ3) is 3.47. The third-order valence-electron chi connectivity index (χ3n) is 4.97. The lowest BCUT2D eigenvalue weighted by atomic mass is 9.95. The van der Waals surface area contributed by atoms with Gasteiger partial charge in [-0.1, -0.05) is 19.3 Å². The highest BCUT2D eigenvalue weighted by Gasteiger charge is 2.24. The molecule has 0 spiro atoms. The highest BCUT2D eigenvalue weighted by molar-refractivity contribution is 5.92. The first-order valence-corrected chi connectivity index (χ1v) is 9.08. The van der Waals surface area contributed by atoms with Crippen LogP contribution in [0.2, 0.25) is 0 Å². The second-order valence-corrected chi connectivity index (χ2v) is 6.97. The molecule has 1 aliphatic rings. The lowest BCUT2D eigenvalue weighted by Gasteiger charge is -2.23. The molecular weight excluding hydrogens is 349 g/mol. The fraction of sp³-hybridized carbons (Fsp3) is 0.368. The Hall–Kier alpha value is -3.03. The van der Waals surface area contributed by atoms with Gasteiger partial charge in [-0.2, -0.15) is 5.10 Å². The smallest absolute Gasteiger partial charge is 0.249 e. The van der Waals surface area contributed by atoms with Crippen LogP contribution in [-0.2, 0) is 11.2 Å². The van der Waals surface area contributed by atoms with Gasteiger partial charge in [0.25, 0.3) is 0 Å². The summed E-state index contributed by atoms with van der Waals surface area (Å²) in [7, 11) is 0. The molecular formula is C19H20FN5O2. The Labute approximate surface area is 154 Å². The molecule has 0 radical (unpaired) electrons. The zero-order valence-corrected chi connectivity index (χ0v) is 14.7. The van der Waals surface area contributed by atoms with Gasteiger partial charge in [0.2, 0.25) is 11.5 Å². The van der Waals surface area contributed by atoms with Crippen LogP contribution in [0.25, 0.3) is 22.3 Å². The van der Waals surface area contributed by atoms with Crippen molar-refractivity contribution in [3.63, 3.8) is 0 Å². The number of aromatic nitrogens is 4. The van der Waals surface area contributed by atoms with E-state index in [1.54, 1.807) is 4.68 Å². The summed E-state index contributed by atoms with van der Waals surface area (Å²) < 4.78 is 15.7. The molecule has 8 heteroatoms. The quantitative estimate of drug-likeness (QED) is 0.736. The van der Waals surface area contributed by atoms with Crippen molar-refractivity contribution in [2.24, 2.45) is 5.73 Å².